The van der Waals surface area contributed by atoms with Crippen LogP contribution >= 0.6 is 0 Å². The van der Waals surface area contributed by atoms with E-state index in [1.807, 2.05) is 13.1 Å². The summed E-state index contributed by atoms with van der Waals surface area (Å²) >= 11 is 0. The van der Waals surface area contributed by atoms with Crippen LogP contribution in [-0.2, 0) is 22.5 Å². The number of fused-ring (bicyclic) bond motifs is 1. The Morgan fingerprint density at radius 3 is 2.83 bits per heavy atom. The molecule has 2 unspecified atom stereocenters. The number of morpholine rings is 1. The number of aryl methyl sites for hydroxylation is 1. The lowest BCUT2D eigenvalue weighted by atomic mass is 9.94. The van der Waals surface area contributed by atoms with E-state index < -0.39 is 0 Å². The number of nitrogens with zero attached hydrogens (tertiary/aromatic N) is 3. The number of hydrogen-bond acceptors (Lipinski definition) is 4. The molecule has 0 saturated carbocycles. The zero-order valence-electron chi connectivity index (χ0n) is 15.1. The lowest BCUT2D eigenvalue weighted by molar-refractivity contribution is -0.126. The summed E-state index contributed by atoms with van der Waals surface area (Å²) in [5, 5.41) is 3.22. The van der Waals surface area contributed by atoms with E-state index in [0.717, 1.165) is 58.1 Å². The molecule has 1 aromatic rings. The molecule has 1 fully saturated rings. The van der Waals surface area contributed by atoms with Crippen molar-refractivity contribution in [3.8, 4) is 0 Å². The normalized spacial score (nSPS) is 23.1. The Bertz CT molecular complexity index is 563. The first-order valence-corrected chi connectivity index (χ1v) is 9.16. The van der Waals surface area contributed by atoms with Gasteiger partial charge in [-0.2, -0.15) is 0 Å². The second-order valence-corrected chi connectivity index (χ2v) is 7.34. The summed E-state index contributed by atoms with van der Waals surface area (Å²) in [6.07, 6.45) is 3.62. The summed E-state index contributed by atoms with van der Waals surface area (Å²) < 4.78 is 7.68. The third-order valence-electron chi connectivity index (χ3n) is 5.43. The van der Waals surface area contributed by atoms with Crippen molar-refractivity contribution in [3.63, 3.8) is 0 Å². The highest BCUT2D eigenvalue weighted by molar-refractivity contribution is 5.79. The van der Waals surface area contributed by atoms with Crippen LogP contribution in [0.1, 0.15) is 31.8 Å². The molecule has 2 aliphatic heterocycles. The van der Waals surface area contributed by atoms with E-state index in [2.05, 4.69) is 33.6 Å². The summed E-state index contributed by atoms with van der Waals surface area (Å²) in [7, 11) is 0. The van der Waals surface area contributed by atoms with Gasteiger partial charge in [0.25, 0.3) is 0 Å². The topological polar surface area (TPSA) is 59.4 Å². The minimum absolute atomic E-state index is 0.0751. The van der Waals surface area contributed by atoms with Crippen molar-refractivity contribution in [2.45, 2.75) is 46.2 Å². The SMILES string of the molecule is Cc1ncc2n1CCC(C(=O)NCC(C(C)C)N1CCOCC1)C2. The van der Waals surface area contributed by atoms with E-state index in [4.69, 9.17) is 4.74 Å². The fraction of sp³-hybridized carbons (Fsp3) is 0.778. The molecule has 2 atom stereocenters. The fourth-order valence-electron chi connectivity index (χ4n) is 3.89. The van der Waals surface area contributed by atoms with Gasteiger partial charge in [-0.05, 0) is 19.3 Å². The Balaban J connectivity index is 1.54. The zero-order valence-corrected chi connectivity index (χ0v) is 15.1. The Morgan fingerprint density at radius 1 is 1.38 bits per heavy atom. The smallest absolute Gasteiger partial charge is 0.223 e. The Labute approximate surface area is 144 Å². The summed E-state index contributed by atoms with van der Waals surface area (Å²) in [6.45, 7) is 11.6. The Kier molecular flexibility index (Phi) is 5.56. The molecule has 6 nitrogen and oxygen atoms in total. The number of nitrogens with one attached hydrogen (secondary N) is 1. The average molecular weight is 334 g/mol. The molecule has 3 heterocycles. The highest BCUT2D eigenvalue weighted by atomic mass is 16.5. The number of imidazole rings is 1. The Hall–Kier alpha value is -1.40. The molecule has 6 heteroatoms. The molecule has 0 radical (unpaired) electrons. The average Bonchev–Trinajstić information content (AvgIpc) is 2.96. The molecule has 0 bridgehead atoms. The standard InChI is InChI=1S/C18H30N4O2/c1-13(2)17(21-6-8-24-9-7-21)12-20-18(23)15-4-5-22-14(3)19-11-16(22)10-15/h11,13,15,17H,4-10,12H2,1-3H3,(H,20,23). The lowest BCUT2D eigenvalue weighted by Crippen LogP contribution is -2.52. The van der Waals surface area contributed by atoms with E-state index in [1.54, 1.807) is 0 Å². The van der Waals surface area contributed by atoms with E-state index in [1.165, 1.54) is 5.69 Å². The van der Waals surface area contributed by atoms with Crippen LogP contribution in [0.25, 0.3) is 0 Å². The molecule has 0 aliphatic carbocycles. The van der Waals surface area contributed by atoms with Crippen LogP contribution in [0, 0.1) is 18.8 Å². The summed E-state index contributed by atoms with van der Waals surface area (Å²) in [5.74, 6) is 1.83. The minimum atomic E-state index is 0.0751. The van der Waals surface area contributed by atoms with Crippen molar-refractivity contribution in [2.24, 2.45) is 11.8 Å². The minimum Gasteiger partial charge on any atom is -0.379 e. The van der Waals surface area contributed by atoms with Crippen LogP contribution in [0.3, 0.4) is 0 Å². The van der Waals surface area contributed by atoms with Gasteiger partial charge in [-0.15, -0.1) is 0 Å². The Morgan fingerprint density at radius 2 is 2.12 bits per heavy atom. The van der Waals surface area contributed by atoms with Crippen LogP contribution in [0.2, 0.25) is 0 Å². The summed E-state index contributed by atoms with van der Waals surface area (Å²) in [5.41, 5.74) is 1.19. The number of amides is 1. The third-order valence-corrected chi connectivity index (χ3v) is 5.43. The van der Waals surface area contributed by atoms with Crippen molar-refractivity contribution in [3.05, 3.63) is 17.7 Å². The van der Waals surface area contributed by atoms with Crippen LogP contribution in [0.4, 0.5) is 0 Å². The number of hydrogen-bond donors (Lipinski definition) is 1. The molecular formula is C18H30N4O2. The second kappa shape index (κ2) is 7.66. The molecule has 1 N–H and O–H groups in total. The van der Waals surface area contributed by atoms with Crippen LogP contribution in [-0.4, -0.2) is 59.2 Å². The van der Waals surface area contributed by atoms with E-state index in [9.17, 15) is 4.79 Å². The van der Waals surface area contributed by atoms with Gasteiger partial charge in [0.05, 0.1) is 13.2 Å². The number of aromatic nitrogens is 2. The maximum Gasteiger partial charge on any atom is 0.223 e. The van der Waals surface area contributed by atoms with Crippen molar-refractivity contribution in [1.29, 1.82) is 0 Å². The van der Waals surface area contributed by atoms with Gasteiger partial charge in [0.2, 0.25) is 5.91 Å². The van der Waals surface area contributed by atoms with Gasteiger partial charge in [0.1, 0.15) is 5.82 Å². The second-order valence-electron chi connectivity index (χ2n) is 7.34. The molecule has 134 valence electrons. The maximum atomic E-state index is 12.6. The van der Waals surface area contributed by atoms with E-state index in [-0.39, 0.29) is 11.8 Å². The summed E-state index contributed by atoms with van der Waals surface area (Å²) in [6, 6.07) is 0.384. The predicted molar refractivity (Wildman–Crippen MR) is 92.8 cm³/mol. The van der Waals surface area contributed by atoms with Crippen LogP contribution in [0.5, 0.6) is 0 Å². The van der Waals surface area contributed by atoms with Crippen molar-refractivity contribution in [2.75, 3.05) is 32.8 Å². The molecular weight excluding hydrogens is 304 g/mol. The van der Waals surface area contributed by atoms with E-state index >= 15 is 0 Å². The number of carbonyl (C=O) groups is 1. The van der Waals surface area contributed by atoms with Gasteiger partial charge < -0.3 is 14.6 Å². The fourth-order valence-corrected chi connectivity index (χ4v) is 3.89. The molecule has 24 heavy (non-hydrogen) atoms. The number of carbonyl (C=O) groups excluding carboxylic acids is 1. The highest BCUT2D eigenvalue weighted by Crippen LogP contribution is 2.22. The first-order valence-electron chi connectivity index (χ1n) is 9.16. The maximum absolute atomic E-state index is 12.6. The highest BCUT2D eigenvalue weighted by Gasteiger charge is 2.28. The molecule has 3 rings (SSSR count). The monoisotopic (exact) mass is 334 g/mol. The molecule has 1 aromatic heterocycles. The quantitative estimate of drug-likeness (QED) is 0.880. The molecule has 0 aromatic carbocycles. The largest absolute Gasteiger partial charge is 0.379 e. The van der Waals surface area contributed by atoms with Gasteiger partial charge in [0.15, 0.2) is 0 Å². The van der Waals surface area contributed by atoms with Gasteiger partial charge in [-0.1, -0.05) is 13.8 Å². The molecule has 0 spiro atoms. The van der Waals surface area contributed by atoms with Crippen molar-refractivity contribution in [1.82, 2.24) is 19.8 Å². The lowest BCUT2D eigenvalue weighted by Gasteiger charge is -2.37. The third kappa shape index (κ3) is 3.81. The first kappa shape index (κ1) is 17.4. The number of ether oxygens (including phenoxy) is 1. The van der Waals surface area contributed by atoms with Gasteiger partial charge in [-0.25, -0.2) is 4.98 Å². The molecule has 1 amide bonds. The van der Waals surface area contributed by atoms with Crippen molar-refractivity contribution >= 4 is 5.91 Å². The van der Waals surface area contributed by atoms with Crippen LogP contribution < -0.4 is 5.32 Å². The van der Waals surface area contributed by atoms with Gasteiger partial charge in [0, 0.05) is 56.5 Å². The number of rotatable bonds is 5. The first-order chi connectivity index (χ1) is 11.6. The van der Waals surface area contributed by atoms with Gasteiger partial charge in [-0.3, -0.25) is 9.69 Å². The predicted octanol–water partition coefficient (Wildman–Crippen LogP) is 1.23. The zero-order chi connectivity index (χ0) is 17.1. The van der Waals surface area contributed by atoms with Crippen molar-refractivity contribution < 1.29 is 9.53 Å². The van der Waals surface area contributed by atoms with E-state index in [0.29, 0.717) is 12.0 Å². The molecule has 1 saturated heterocycles. The molecule has 2 aliphatic rings. The van der Waals surface area contributed by atoms with Crippen LogP contribution in [0.15, 0.2) is 6.20 Å². The summed E-state index contributed by atoms with van der Waals surface area (Å²) in [4.78, 5) is 19.5. The van der Waals surface area contributed by atoms with Gasteiger partial charge >= 0.3 is 0 Å².